The highest BCUT2D eigenvalue weighted by molar-refractivity contribution is 7.99. The van der Waals surface area contributed by atoms with Crippen LogP contribution in [0.2, 0.25) is 5.02 Å². The van der Waals surface area contributed by atoms with Gasteiger partial charge in [0.25, 0.3) is 0 Å². The summed E-state index contributed by atoms with van der Waals surface area (Å²) >= 11 is 6.91. The number of anilines is 1. The summed E-state index contributed by atoms with van der Waals surface area (Å²) < 4.78 is 1.37. The molecule has 0 bridgehead atoms. The maximum absolute atomic E-state index is 12.0. The molecule has 0 saturated carbocycles. The van der Waals surface area contributed by atoms with Gasteiger partial charge in [-0.2, -0.15) is 4.98 Å². The quantitative estimate of drug-likeness (QED) is 0.724. The number of amides is 1. The van der Waals surface area contributed by atoms with Crippen LogP contribution in [0.3, 0.4) is 0 Å². The van der Waals surface area contributed by atoms with E-state index in [1.807, 2.05) is 13.0 Å². The van der Waals surface area contributed by atoms with Crippen LogP contribution in [0.5, 0.6) is 0 Å². The van der Waals surface area contributed by atoms with E-state index < -0.39 is 5.69 Å². The smallest absolute Gasteiger partial charge is 0.325 e. The van der Waals surface area contributed by atoms with Crippen LogP contribution in [0.4, 0.5) is 5.69 Å². The molecule has 0 aliphatic rings. The van der Waals surface area contributed by atoms with E-state index in [9.17, 15) is 9.59 Å². The Bertz CT molecular complexity index is 956. The number of hydrogen-bond donors (Lipinski definition) is 1. The number of halogens is 1. The third-order valence-corrected chi connectivity index (χ3v) is 4.26. The lowest BCUT2D eigenvalue weighted by Crippen LogP contribution is -2.20. The van der Waals surface area contributed by atoms with Gasteiger partial charge in [0.1, 0.15) is 5.65 Å². The van der Waals surface area contributed by atoms with E-state index in [1.165, 1.54) is 4.40 Å². The highest BCUT2D eigenvalue weighted by atomic mass is 35.5. The molecule has 0 spiro atoms. The number of aryl methyl sites for hydroxylation is 1. The van der Waals surface area contributed by atoms with Gasteiger partial charge in [-0.15, -0.1) is 0 Å². The zero-order valence-electron chi connectivity index (χ0n) is 12.7. The van der Waals surface area contributed by atoms with Crippen molar-refractivity contribution >= 4 is 40.6 Å². The second-order valence-electron chi connectivity index (χ2n) is 5.06. The second-order valence-corrected chi connectivity index (χ2v) is 6.44. The molecule has 0 atom stereocenters. The fourth-order valence-corrected chi connectivity index (χ4v) is 2.78. The van der Waals surface area contributed by atoms with Crippen LogP contribution in [-0.2, 0) is 4.79 Å². The summed E-state index contributed by atoms with van der Waals surface area (Å²) in [7, 11) is 0. The van der Waals surface area contributed by atoms with Crippen molar-refractivity contribution in [2.75, 3.05) is 11.1 Å². The lowest BCUT2D eigenvalue weighted by atomic mass is 10.3. The van der Waals surface area contributed by atoms with Crippen molar-refractivity contribution in [3.05, 3.63) is 63.7 Å². The average Bonchev–Trinajstić information content (AvgIpc) is 2.55. The third kappa shape index (κ3) is 3.93. The van der Waals surface area contributed by atoms with Crippen molar-refractivity contribution < 1.29 is 4.79 Å². The molecular formula is C16H13ClN4O2S. The average molecular weight is 361 g/mol. The highest BCUT2D eigenvalue weighted by Crippen LogP contribution is 2.16. The second kappa shape index (κ2) is 7.02. The zero-order chi connectivity index (χ0) is 17.1. The fourth-order valence-electron chi connectivity index (χ4n) is 2.02. The number of aromatic nitrogens is 3. The fraction of sp³-hybridized carbons (Fsp3) is 0.125. The van der Waals surface area contributed by atoms with Crippen molar-refractivity contribution in [2.24, 2.45) is 0 Å². The van der Waals surface area contributed by atoms with Gasteiger partial charge in [0.2, 0.25) is 5.91 Å². The van der Waals surface area contributed by atoms with Crippen LogP contribution >= 0.6 is 23.4 Å². The predicted molar refractivity (Wildman–Crippen MR) is 94.8 cm³/mol. The van der Waals surface area contributed by atoms with Crippen molar-refractivity contribution in [1.29, 1.82) is 0 Å². The molecule has 0 aliphatic heterocycles. The molecule has 6 nitrogen and oxygen atoms in total. The lowest BCUT2D eigenvalue weighted by Gasteiger charge is -2.05. The minimum Gasteiger partial charge on any atom is -0.325 e. The Labute approximate surface area is 146 Å². The van der Waals surface area contributed by atoms with Crippen LogP contribution in [0.25, 0.3) is 5.65 Å². The SMILES string of the molecule is Cc1ccn2c(=O)nc(SCC(=O)Nc3ccc(Cl)cc3)nc2c1. The van der Waals surface area contributed by atoms with E-state index in [2.05, 4.69) is 15.3 Å². The maximum atomic E-state index is 12.0. The largest absolute Gasteiger partial charge is 0.355 e. The summed E-state index contributed by atoms with van der Waals surface area (Å²) in [6.07, 6.45) is 1.63. The van der Waals surface area contributed by atoms with Crippen LogP contribution in [0.15, 0.2) is 52.5 Å². The molecular weight excluding hydrogens is 348 g/mol. The van der Waals surface area contributed by atoms with Gasteiger partial charge >= 0.3 is 5.69 Å². The Morgan fingerprint density at radius 3 is 2.75 bits per heavy atom. The number of carbonyl (C=O) groups excluding carboxylic acids is 1. The van der Waals surface area contributed by atoms with Crippen LogP contribution in [0.1, 0.15) is 5.56 Å². The first-order chi connectivity index (χ1) is 11.5. The van der Waals surface area contributed by atoms with E-state index in [0.29, 0.717) is 16.4 Å². The van der Waals surface area contributed by atoms with Gasteiger partial charge in [-0.05, 0) is 48.9 Å². The Morgan fingerprint density at radius 1 is 1.25 bits per heavy atom. The number of nitrogens with zero attached hydrogens (tertiary/aromatic N) is 3. The molecule has 1 N–H and O–H groups in total. The summed E-state index contributed by atoms with van der Waals surface area (Å²) in [5.41, 5.74) is 1.74. The number of benzene rings is 1. The van der Waals surface area contributed by atoms with E-state index in [-0.39, 0.29) is 16.8 Å². The summed E-state index contributed by atoms with van der Waals surface area (Å²) in [5.74, 6) is -0.111. The first-order valence-corrected chi connectivity index (χ1v) is 8.43. The van der Waals surface area contributed by atoms with Crippen molar-refractivity contribution in [3.63, 3.8) is 0 Å². The molecule has 3 aromatic rings. The third-order valence-electron chi connectivity index (χ3n) is 3.16. The summed E-state index contributed by atoms with van der Waals surface area (Å²) in [6, 6.07) is 10.4. The molecule has 1 amide bonds. The number of carbonyl (C=O) groups is 1. The number of thioether (sulfide) groups is 1. The maximum Gasteiger partial charge on any atom is 0.355 e. The summed E-state index contributed by atoms with van der Waals surface area (Å²) in [5, 5.41) is 3.62. The number of fused-ring (bicyclic) bond motifs is 1. The van der Waals surface area contributed by atoms with Crippen LogP contribution in [-0.4, -0.2) is 26.0 Å². The van der Waals surface area contributed by atoms with Gasteiger partial charge in [0.05, 0.1) is 5.75 Å². The van der Waals surface area contributed by atoms with E-state index in [0.717, 1.165) is 17.3 Å². The van der Waals surface area contributed by atoms with Crippen LogP contribution in [0, 0.1) is 6.92 Å². The number of pyridine rings is 1. The molecule has 2 heterocycles. The minimum absolute atomic E-state index is 0.101. The Balaban J connectivity index is 1.70. The molecule has 0 radical (unpaired) electrons. The monoisotopic (exact) mass is 360 g/mol. The molecule has 0 unspecified atom stereocenters. The minimum atomic E-state index is -0.416. The Morgan fingerprint density at radius 2 is 2.00 bits per heavy atom. The van der Waals surface area contributed by atoms with E-state index in [1.54, 1.807) is 36.5 Å². The highest BCUT2D eigenvalue weighted by Gasteiger charge is 2.08. The lowest BCUT2D eigenvalue weighted by molar-refractivity contribution is -0.113. The standard InChI is InChI=1S/C16H13ClN4O2S/c1-10-6-7-21-13(8-10)19-15(20-16(21)23)24-9-14(22)18-12-4-2-11(17)3-5-12/h2-8H,9H2,1H3,(H,18,22). The summed E-state index contributed by atoms with van der Waals surface area (Å²) in [6.45, 7) is 1.92. The van der Waals surface area contributed by atoms with E-state index >= 15 is 0 Å². The molecule has 1 aromatic carbocycles. The van der Waals surface area contributed by atoms with Crippen molar-refractivity contribution in [1.82, 2.24) is 14.4 Å². The molecule has 8 heteroatoms. The summed E-state index contributed by atoms with van der Waals surface area (Å²) in [4.78, 5) is 32.1. The number of rotatable bonds is 4. The normalized spacial score (nSPS) is 10.8. The Hall–Kier alpha value is -2.38. The topological polar surface area (TPSA) is 76.4 Å². The van der Waals surface area contributed by atoms with Gasteiger partial charge in [-0.3, -0.25) is 9.20 Å². The van der Waals surface area contributed by atoms with Gasteiger partial charge in [0.15, 0.2) is 5.16 Å². The van der Waals surface area contributed by atoms with Gasteiger partial charge in [0, 0.05) is 16.9 Å². The molecule has 122 valence electrons. The van der Waals surface area contributed by atoms with E-state index in [4.69, 9.17) is 11.6 Å². The zero-order valence-corrected chi connectivity index (χ0v) is 14.3. The molecule has 0 aliphatic carbocycles. The van der Waals surface area contributed by atoms with Gasteiger partial charge in [-0.1, -0.05) is 23.4 Å². The number of hydrogen-bond acceptors (Lipinski definition) is 5. The van der Waals surface area contributed by atoms with Gasteiger partial charge in [-0.25, -0.2) is 9.78 Å². The molecule has 2 aromatic heterocycles. The molecule has 0 fully saturated rings. The predicted octanol–water partition coefficient (Wildman–Crippen LogP) is 2.78. The van der Waals surface area contributed by atoms with Crippen molar-refractivity contribution in [2.45, 2.75) is 12.1 Å². The van der Waals surface area contributed by atoms with Crippen LogP contribution < -0.4 is 11.0 Å². The van der Waals surface area contributed by atoms with Crippen molar-refractivity contribution in [3.8, 4) is 0 Å². The first-order valence-electron chi connectivity index (χ1n) is 7.06. The van der Waals surface area contributed by atoms with Gasteiger partial charge < -0.3 is 5.32 Å². The molecule has 0 saturated heterocycles. The first kappa shape index (κ1) is 16.5. The molecule has 24 heavy (non-hydrogen) atoms. The molecule has 3 rings (SSSR count). The number of nitrogens with one attached hydrogen (secondary N) is 1. The Kier molecular flexibility index (Phi) is 4.82.